The average molecular weight is 397 g/mol. The number of aromatic nitrogens is 2. The van der Waals surface area contributed by atoms with E-state index in [1.807, 2.05) is 35.2 Å². The monoisotopic (exact) mass is 397 g/mol. The number of nitrogens with zero attached hydrogens (tertiary/aromatic N) is 4. The Bertz CT molecular complexity index is 837. The summed E-state index contributed by atoms with van der Waals surface area (Å²) in [5.41, 5.74) is 6.32. The molecule has 0 bridgehead atoms. The van der Waals surface area contributed by atoms with Crippen molar-refractivity contribution in [1.82, 2.24) is 19.9 Å². The molecule has 0 radical (unpaired) electrons. The Kier molecular flexibility index (Phi) is 5.89. The lowest BCUT2D eigenvalue weighted by Crippen LogP contribution is -2.46. The first kappa shape index (κ1) is 19.6. The molecule has 3 heterocycles. The predicted octanol–water partition coefficient (Wildman–Crippen LogP) is 1.67. The van der Waals surface area contributed by atoms with Crippen molar-refractivity contribution in [2.75, 3.05) is 26.2 Å². The molecular weight excluding hydrogens is 370 g/mol. The number of piperidine rings is 2. The van der Waals surface area contributed by atoms with Gasteiger partial charge >= 0.3 is 0 Å². The zero-order valence-electron chi connectivity index (χ0n) is 16.5. The Hall–Kier alpha value is -2.74. The molecule has 0 atom stereocenters. The van der Waals surface area contributed by atoms with Gasteiger partial charge in [0.1, 0.15) is 0 Å². The number of likely N-dealkylation sites (tertiary alicyclic amines) is 2. The van der Waals surface area contributed by atoms with E-state index in [-0.39, 0.29) is 23.7 Å². The van der Waals surface area contributed by atoms with Crippen LogP contribution in [0.15, 0.2) is 34.9 Å². The normalized spacial score (nSPS) is 19.4. The molecule has 2 aliphatic heterocycles. The first-order valence-electron chi connectivity index (χ1n) is 10.3. The van der Waals surface area contributed by atoms with Crippen LogP contribution < -0.4 is 5.73 Å². The van der Waals surface area contributed by atoms with Crippen LogP contribution in [0.2, 0.25) is 0 Å². The first-order chi connectivity index (χ1) is 14.1. The third kappa shape index (κ3) is 4.64. The summed E-state index contributed by atoms with van der Waals surface area (Å²) in [6.07, 6.45) is 3.02. The number of carbonyl (C=O) groups excluding carboxylic acids is 2. The summed E-state index contributed by atoms with van der Waals surface area (Å²) in [5.74, 6) is 1.14. The average Bonchev–Trinajstić information content (AvgIpc) is 3.23. The van der Waals surface area contributed by atoms with E-state index in [0.717, 1.165) is 31.5 Å². The molecule has 29 heavy (non-hydrogen) atoms. The van der Waals surface area contributed by atoms with Gasteiger partial charge in [0, 0.05) is 30.5 Å². The number of hydrogen-bond acceptors (Lipinski definition) is 6. The molecule has 154 valence electrons. The fourth-order valence-corrected chi connectivity index (χ4v) is 4.20. The van der Waals surface area contributed by atoms with Crippen molar-refractivity contribution in [1.29, 1.82) is 0 Å². The molecule has 8 nitrogen and oxygen atoms in total. The lowest BCUT2D eigenvalue weighted by atomic mass is 9.92. The van der Waals surface area contributed by atoms with Gasteiger partial charge in [-0.25, -0.2) is 0 Å². The van der Waals surface area contributed by atoms with Crippen LogP contribution in [0.25, 0.3) is 11.4 Å². The van der Waals surface area contributed by atoms with Crippen molar-refractivity contribution in [2.24, 2.45) is 17.6 Å². The SMILES string of the molecule is NC(=O)C1CCN(C(=O)C2CCN(Cc3nc(-c4ccccc4)no3)CC2)CC1. The quantitative estimate of drug-likeness (QED) is 0.823. The molecule has 1 aromatic carbocycles. The summed E-state index contributed by atoms with van der Waals surface area (Å²) in [4.78, 5) is 32.8. The molecule has 0 unspecified atom stereocenters. The molecule has 2 N–H and O–H groups in total. The van der Waals surface area contributed by atoms with E-state index in [2.05, 4.69) is 15.0 Å². The van der Waals surface area contributed by atoms with Gasteiger partial charge in [0.15, 0.2) is 0 Å². The second-order valence-corrected chi connectivity index (χ2v) is 7.93. The van der Waals surface area contributed by atoms with Crippen LogP contribution in [0, 0.1) is 11.8 Å². The Morgan fingerprint density at radius 3 is 2.31 bits per heavy atom. The van der Waals surface area contributed by atoms with Gasteiger partial charge < -0.3 is 15.2 Å². The summed E-state index contributed by atoms with van der Waals surface area (Å²) in [7, 11) is 0. The fourth-order valence-electron chi connectivity index (χ4n) is 4.20. The molecule has 2 saturated heterocycles. The van der Waals surface area contributed by atoms with Crippen molar-refractivity contribution in [3.05, 3.63) is 36.2 Å². The highest BCUT2D eigenvalue weighted by Gasteiger charge is 2.32. The topological polar surface area (TPSA) is 106 Å². The molecule has 0 aliphatic carbocycles. The van der Waals surface area contributed by atoms with E-state index in [1.165, 1.54) is 0 Å². The van der Waals surface area contributed by atoms with E-state index in [4.69, 9.17) is 10.3 Å². The Morgan fingerprint density at radius 2 is 1.66 bits per heavy atom. The Labute approximate surface area is 170 Å². The summed E-state index contributed by atoms with van der Waals surface area (Å²) < 4.78 is 5.40. The lowest BCUT2D eigenvalue weighted by molar-refractivity contribution is -0.140. The molecule has 2 aliphatic rings. The molecule has 2 aromatic rings. The van der Waals surface area contributed by atoms with Crippen molar-refractivity contribution in [2.45, 2.75) is 32.2 Å². The molecule has 0 spiro atoms. The second-order valence-electron chi connectivity index (χ2n) is 7.93. The van der Waals surface area contributed by atoms with E-state index < -0.39 is 0 Å². The summed E-state index contributed by atoms with van der Waals surface area (Å²) in [6.45, 7) is 3.53. The maximum Gasteiger partial charge on any atom is 0.241 e. The van der Waals surface area contributed by atoms with Crippen molar-refractivity contribution in [3.8, 4) is 11.4 Å². The van der Waals surface area contributed by atoms with Gasteiger partial charge in [0.2, 0.25) is 23.5 Å². The summed E-state index contributed by atoms with van der Waals surface area (Å²) in [5, 5.41) is 4.07. The first-order valence-corrected chi connectivity index (χ1v) is 10.3. The molecule has 0 saturated carbocycles. The third-order valence-electron chi connectivity index (χ3n) is 6.00. The van der Waals surface area contributed by atoms with Gasteiger partial charge in [-0.2, -0.15) is 4.98 Å². The van der Waals surface area contributed by atoms with Gasteiger partial charge in [0.05, 0.1) is 6.54 Å². The van der Waals surface area contributed by atoms with E-state index in [1.54, 1.807) is 0 Å². The lowest BCUT2D eigenvalue weighted by Gasteiger charge is -2.36. The number of nitrogens with two attached hydrogens (primary N) is 1. The summed E-state index contributed by atoms with van der Waals surface area (Å²) in [6, 6.07) is 9.76. The third-order valence-corrected chi connectivity index (χ3v) is 6.00. The highest BCUT2D eigenvalue weighted by Crippen LogP contribution is 2.25. The maximum atomic E-state index is 12.8. The van der Waals surface area contributed by atoms with Crippen LogP contribution in [-0.2, 0) is 16.1 Å². The Balaban J connectivity index is 1.25. The minimum absolute atomic E-state index is 0.0546. The van der Waals surface area contributed by atoms with Crippen LogP contribution in [0.3, 0.4) is 0 Å². The van der Waals surface area contributed by atoms with Crippen molar-refractivity contribution >= 4 is 11.8 Å². The molecule has 1 aromatic heterocycles. The zero-order chi connectivity index (χ0) is 20.2. The standard InChI is InChI=1S/C21H27N5O3/c22-19(27)15-8-12-26(13-9-15)21(28)17-6-10-25(11-7-17)14-18-23-20(24-29-18)16-4-2-1-3-5-16/h1-5,15,17H,6-14H2,(H2,22,27). The molecule has 4 rings (SSSR count). The number of carbonyl (C=O) groups is 2. The fraction of sp³-hybridized carbons (Fsp3) is 0.524. The van der Waals surface area contributed by atoms with Gasteiger partial charge in [-0.3, -0.25) is 14.5 Å². The van der Waals surface area contributed by atoms with Gasteiger partial charge in [0.25, 0.3) is 0 Å². The number of primary amides is 1. The molecular formula is C21H27N5O3. The van der Waals surface area contributed by atoms with Crippen LogP contribution >= 0.6 is 0 Å². The van der Waals surface area contributed by atoms with Crippen LogP contribution in [0.4, 0.5) is 0 Å². The molecule has 2 fully saturated rings. The minimum Gasteiger partial charge on any atom is -0.369 e. The molecule has 2 amide bonds. The molecule has 8 heteroatoms. The van der Waals surface area contributed by atoms with Gasteiger partial charge in [-0.05, 0) is 38.8 Å². The van der Waals surface area contributed by atoms with E-state index in [0.29, 0.717) is 44.2 Å². The van der Waals surface area contributed by atoms with Gasteiger partial charge in [-0.15, -0.1) is 0 Å². The van der Waals surface area contributed by atoms with Crippen molar-refractivity contribution < 1.29 is 14.1 Å². The second kappa shape index (κ2) is 8.73. The Morgan fingerprint density at radius 1 is 1.00 bits per heavy atom. The van der Waals surface area contributed by atoms with Crippen LogP contribution in [0.5, 0.6) is 0 Å². The number of hydrogen-bond donors (Lipinski definition) is 1. The predicted molar refractivity (Wildman–Crippen MR) is 106 cm³/mol. The van der Waals surface area contributed by atoms with Crippen LogP contribution in [-0.4, -0.2) is 57.9 Å². The highest BCUT2D eigenvalue weighted by atomic mass is 16.5. The van der Waals surface area contributed by atoms with Crippen LogP contribution in [0.1, 0.15) is 31.6 Å². The smallest absolute Gasteiger partial charge is 0.241 e. The van der Waals surface area contributed by atoms with E-state index in [9.17, 15) is 9.59 Å². The van der Waals surface area contributed by atoms with E-state index >= 15 is 0 Å². The highest BCUT2D eigenvalue weighted by molar-refractivity contribution is 5.80. The zero-order valence-corrected chi connectivity index (χ0v) is 16.5. The largest absolute Gasteiger partial charge is 0.369 e. The summed E-state index contributed by atoms with van der Waals surface area (Å²) >= 11 is 0. The minimum atomic E-state index is -0.248. The number of benzene rings is 1. The van der Waals surface area contributed by atoms with Gasteiger partial charge in [-0.1, -0.05) is 35.5 Å². The van der Waals surface area contributed by atoms with Crippen molar-refractivity contribution in [3.63, 3.8) is 0 Å². The number of rotatable bonds is 5. The maximum absolute atomic E-state index is 12.8. The number of amides is 2.